The SMILES string of the molecule is C=CC1=C2C=c3ccccc3=C2C=CC1. The van der Waals surface area contributed by atoms with Gasteiger partial charge in [-0.15, -0.1) is 0 Å². The first kappa shape index (κ1) is 8.49. The van der Waals surface area contributed by atoms with Crippen molar-refractivity contribution in [1.82, 2.24) is 0 Å². The van der Waals surface area contributed by atoms with E-state index in [0.717, 1.165) is 6.42 Å². The van der Waals surface area contributed by atoms with E-state index in [0.29, 0.717) is 0 Å². The highest BCUT2D eigenvalue weighted by atomic mass is 14.2. The molecule has 0 spiro atoms. The van der Waals surface area contributed by atoms with Crippen LogP contribution in [0.2, 0.25) is 0 Å². The van der Waals surface area contributed by atoms with Gasteiger partial charge in [0.15, 0.2) is 0 Å². The zero-order valence-electron chi connectivity index (χ0n) is 8.53. The third kappa shape index (κ3) is 1.15. The fraction of sp³-hybridized carbons (Fsp3) is 0.0667. The summed E-state index contributed by atoms with van der Waals surface area (Å²) in [5.74, 6) is 0. The standard InChI is InChI=1S/C15H12/c1-2-11-7-5-9-14-13-8-4-3-6-12(13)10-15(11)14/h2-6,8-10H,1,7H2. The van der Waals surface area contributed by atoms with Gasteiger partial charge in [-0.1, -0.05) is 49.1 Å². The minimum atomic E-state index is 1.01. The van der Waals surface area contributed by atoms with Gasteiger partial charge in [0.1, 0.15) is 0 Å². The Labute approximate surface area is 89.3 Å². The Bertz CT molecular complexity index is 610. The van der Waals surface area contributed by atoms with Crippen molar-refractivity contribution in [2.75, 3.05) is 0 Å². The van der Waals surface area contributed by atoms with E-state index in [4.69, 9.17) is 0 Å². The van der Waals surface area contributed by atoms with Crippen LogP contribution in [0.5, 0.6) is 0 Å². The fourth-order valence-electron chi connectivity index (χ4n) is 2.30. The predicted octanol–water partition coefficient (Wildman–Crippen LogP) is 2.07. The Morgan fingerprint density at radius 3 is 2.87 bits per heavy atom. The third-order valence-electron chi connectivity index (χ3n) is 3.06. The van der Waals surface area contributed by atoms with Crippen LogP contribution in [-0.4, -0.2) is 0 Å². The topological polar surface area (TPSA) is 0 Å². The first-order valence-electron chi connectivity index (χ1n) is 5.24. The van der Waals surface area contributed by atoms with E-state index in [9.17, 15) is 0 Å². The molecule has 0 atom stereocenters. The molecule has 0 aliphatic heterocycles. The molecule has 2 aliphatic carbocycles. The quantitative estimate of drug-likeness (QED) is 0.639. The average molecular weight is 192 g/mol. The molecule has 0 amide bonds. The predicted molar refractivity (Wildman–Crippen MR) is 64.5 cm³/mol. The monoisotopic (exact) mass is 192 g/mol. The van der Waals surface area contributed by atoms with Crippen molar-refractivity contribution in [1.29, 1.82) is 0 Å². The van der Waals surface area contributed by atoms with Crippen molar-refractivity contribution in [3.05, 3.63) is 70.7 Å². The van der Waals surface area contributed by atoms with Crippen molar-refractivity contribution in [3.8, 4) is 0 Å². The van der Waals surface area contributed by atoms with Gasteiger partial charge in [0.25, 0.3) is 0 Å². The number of fused-ring (bicyclic) bond motifs is 2. The summed E-state index contributed by atoms with van der Waals surface area (Å²) in [7, 11) is 0. The zero-order valence-corrected chi connectivity index (χ0v) is 8.53. The Balaban J connectivity index is 2.45. The fourth-order valence-corrected chi connectivity index (χ4v) is 2.30. The maximum Gasteiger partial charge on any atom is -0.00882 e. The molecule has 0 saturated carbocycles. The minimum absolute atomic E-state index is 1.01. The van der Waals surface area contributed by atoms with Gasteiger partial charge in [0.2, 0.25) is 0 Å². The van der Waals surface area contributed by atoms with Crippen molar-refractivity contribution in [2.24, 2.45) is 0 Å². The summed E-state index contributed by atoms with van der Waals surface area (Å²) in [6.45, 7) is 3.88. The lowest BCUT2D eigenvalue weighted by molar-refractivity contribution is 1.25. The molecule has 1 aromatic carbocycles. The second-order valence-electron chi connectivity index (χ2n) is 3.89. The van der Waals surface area contributed by atoms with E-state index >= 15 is 0 Å². The van der Waals surface area contributed by atoms with Crippen molar-refractivity contribution < 1.29 is 0 Å². The lowest BCUT2D eigenvalue weighted by Crippen LogP contribution is -2.21. The number of hydrogen-bond acceptors (Lipinski definition) is 0. The highest BCUT2D eigenvalue weighted by Gasteiger charge is 2.14. The van der Waals surface area contributed by atoms with Crippen molar-refractivity contribution in [2.45, 2.75) is 6.42 Å². The number of benzene rings is 1. The lowest BCUT2D eigenvalue weighted by Gasteiger charge is -2.10. The molecular formula is C15H12. The summed E-state index contributed by atoms with van der Waals surface area (Å²) in [4.78, 5) is 0. The average Bonchev–Trinajstić information content (AvgIpc) is 2.67. The molecule has 0 unspecified atom stereocenters. The lowest BCUT2D eigenvalue weighted by atomic mass is 9.94. The van der Waals surface area contributed by atoms with Crippen LogP contribution in [0, 0.1) is 0 Å². The Hall–Kier alpha value is -1.82. The van der Waals surface area contributed by atoms with Crippen LogP contribution < -0.4 is 10.4 Å². The van der Waals surface area contributed by atoms with Crippen LogP contribution in [-0.2, 0) is 0 Å². The summed E-state index contributed by atoms with van der Waals surface area (Å²) >= 11 is 0. The van der Waals surface area contributed by atoms with Gasteiger partial charge in [-0.3, -0.25) is 0 Å². The molecule has 0 bridgehead atoms. The van der Waals surface area contributed by atoms with E-state index < -0.39 is 0 Å². The third-order valence-corrected chi connectivity index (χ3v) is 3.06. The summed E-state index contributed by atoms with van der Waals surface area (Å²) in [6.07, 6.45) is 9.69. The molecule has 0 heteroatoms. The van der Waals surface area contributed by atoms with Gasteiger partial charge in [0.05, 0.1) is 0 Å². The molecular weight excluding hydrogens is 180 g/mol. The Morgan fingerprint density at radius 2 is 2.00 bits per heavy atom. The normalized spacial score (nSPS) is 17.2. The molecule has 0 fully saturated rings. The van der Waals surface area contributed by atoms with Crippen LogP contribution in [0.4, 0.5) is 0 Å². The molecule has 0 aromatic heterocycles. The van der Waals surface area contributed by atoms with Crippen LogP contribution in [0.25, 0.3) is 11.6 Å². The van der Waals surface area contributed by atoms with E-state index in [-0.39, 0.29) is 0 Å². The Morgan fingerprint density at radius 1 is 1.13 bits per heavy atom. The first-order valence-corrected chi connectivity index (χ1v) is 5.24. The van der Waals surface area contributed by atoms with Crippen LogP contribution in [0.15, 0.2) is 60.2 Å². The maximum atomic E-state index is 3.88. The van der Waals surface area contributed by atoms with Gasteiger partial charge < -0.3 is 0 Å². The van der Waals surface area contributed by atoms with Gasteiger partial charge in [-0.2, -0.15) is 0 Å². The molecule has 0 saturated heterocycles. The molecule has 3 rings (SSSR count). The summed E-state index contributed by atoms with van der Waals surface area (Å²) in [6, 6.07) is 8.54. The minimum Gasteiger partial charge on any atom is -0.0988 e. The van der Waals surface area contributed by atoms with Crippen LogP contribution in [0.1, 0.15) is 6.42 Å². The molecule has 2 aliphatic rings. The van der Waals surface area contributed by atoms with Crippen LogP contribution in [0.3, 0.4) is 0 Å². The van der Waals surface area contributed by atoms with Gasteiger partial charge in [-0.05, 0) is 39.7 Å². The van der Waals surface area contributed by atoms with Gasteiger partial charge in [0, 0.05) is 0 Å². The molecule has 0 nitrogen and oxygen atoms in total. The highest BCUT2D eigenvalue weighted by molar-refractivity contribution is 5.90. The first-order chi connectivity index (χ1) is 7.40. The van der Waals surface area contributed by atoms with E-state index in [1.807, 2.05) is 6.08 Å². The van der Waals surface area contributed by atoms with Crippen molar-refractivity contribution >= 4 is 11.6 Å². The second-order valence-corrected chi connectivity index (χ2v) is 3.89. The van der Waals surface area contributed by atoms with Crippen LogP contribution >= 0.6 is 0 Å². The van der Waals surface area contributed by atoms with E-state index in [1.54, 1.807) is 0 Å². The Kier molecular flexibility index (Phi) is 1.75. The molecule has 15 heavy (non-hydrogen) atoms. The highest BCUT2D eigenvalue weighted by Crippen LogP contribution is 2.27. The number of allylic oxidation sites excluding steroid dienone is 5. The molecule has 0 heterocycles. The summed E-state index contributed by atoms with van der Waals surface area (Å²) in [5.41, 5.74) is 4.05. The molecule has 1 aromatic rings. The van der Waals surface area contributed by atoms with E-state index in [2.05, 4.69) is 49.1 Å². The number of rotatable bonds is 1. The molecule has 72 valence electrons. The molecule has 0 N–H and O–H groups in total. The largest absolute Gasteiger partial charge is 0.0988 e. The van der Waals surface area contributed by atoms with Gasteiger partial charge >= 0.3 is 0 Å². The second kappa shape index (κ2) is 3.09. The number of hydrogen-bond donors (Lipinski definition) is 0. The molecule has 0 radical (unpaired) electrons. The van der Waals surface area contributed by atoms with E-state index in [1.165, 1.54) is 27.2 Å². The maximum absolute atomic E-state index is 3.88. The smallest absolute Gasteiger partial charge is 0.00882 e. The summed E-state index contributed by atoms with van der Waals surface area (Å²) < 4.78 is 0. The van der Waals surface area contributed by atoms with Crippen molar-refractivity contribution in [3.63, 3.8) is 0 Å². The summed E-state index contributed by atoms with van der Waals surface area (Å²) in [5, 5.41) is 2.68. The zero-order chi connectivity index (χ0) is 10.3. The van der Waals surface area contributed by atoms with Gasteiger partial charge in [-0.25, -0.2) is 0 Å².